The Morgan fingerprint density at radius 3 is 2.76 bits per heavy atom. The van der Waals surface area contributed by atoms with E-state index in [-0.39, 0.29) is 12.0 Å². The number of H-pyrrole nitrogens is 1. The summed E-state index contributed by atoms with van der Waals surface area (Å²) in [5.74, 6) is 1.19. The highest BCUT2D eigenvalue weighted by atomic mass is 32.1. The normalized spacial score (nSPS) is 14.4. The number of aromatic nitrogens is 6. The van der Waals surface area contributed by atoms with Crippen molar-refractivity contribution >= 4 is 22.8 Å². The number of benzene rings is 1. The fourth-order valence-corrected chi connectivity index (χ4v) is 5.83. The minimum Gasteiger partial charge on any atom is -0.490 e. The van der Waals surface area contributed by atoms with Crippen LogP contribution in [0.15, 0.2) is 55.0 Å². The zero-order chi connectivity index (χ0) is 25.4. The smallest absolute Gasteiger partial charge is 0.248 e. The molecule has 188 valence electrons. The Balaban J connectivity index is 1.34. The molecule has 0 saturated carbocycles. The number of pyridine rings is 1. The molecule has 1 fully saturated rings. The van der Waals surface area contributed by atoms with E-state index in [2.05, 4.69) is 15.2 Å². The van der Waals surface area contributed by atoms with E-state index in [1.807, 2.05) is 60.1 Å². The molecule has 0 aliphatic carbocycles. The molecular weight excluding hydrogens is 490 g/mol. The number of likely N-dealkylation sites (tertiary alicyclic amines) is 1. The molecule has 1 saturated heterocycles. The molecule has 10 nitrogen and oxygen atoms in total. The van der Waals surface area contributed by atoms with Crippen LogP contribution < -0.4 is 4.74 Å². The van der Waals surface area contributed by atoms with Gasteiger partial charge in [-0.1, -0.05) is 30.3 Å². The van der Waals surface area contributed by atoms with Crippen molar-refractivity contribution in [1.29, 1.82) is 0 Å². The number of nitrogens with zero attached hydrogens (tertiary/aromatic N) is 6. The van der Waals surface area contributed by atoms with Crippen LogP contribution in [0.3, 0.4) is 0 Å². The highest BCUT2D eigenvalue weighted by Gasteiger charge is 2.25. The van der Waals surface area contributed by atoms with Gasteiger partial charge >= 0.3 is 0 Å². The summed E-state index contributed by atoms with van der Waals surface area (Å²) in [5.41, 5.74) is 4.56. The Labute approximate surface area is 216 Å². The number of fused-ring (bicyclic) bond motifs is 1. The molecule has 1 aliphatic heterocycles. The molecule has 5 aromatic rings. The van der Waals surface area contributed by atoms with E-state index in [0.29, 0.717) is 18.9 Å². The molecule has 0 unspecified atom stereocenters. The minimum atomic E-state index is -0.452. The molecule has 11 heteroatoms. The molecule has 37 heavy (non-hydrogen) atoms. The second-order valence-corrected chi connectivity index (χ2v) is 9.91. The molecule has 1 aromatic carbocycles. The first-order valence-electron chi connectivity index (χ1n) is 12.1. The number of ether oxygens (including phenoxy) is 1. The van der Waals surface area contributed by atoms with Gasteiger partial charge in [-0.05, 0) is 13.0 Å². The van der Waals surface area contributed by atoms with Crippen LogP contribution in [0.5, 0.6) is 5.75 Å². The van der Waals surface area contributed by atoms with Gasteiger partial charge in [0.25, 0.3) is 0 Å². The highest BCUT2D eigenvalue weighted by Crippen LogP contribution is 2.41. The van der Waals surface area contributed by atoms with Crippen LogP contribution >= 0.6 is 11.3 Å². The summed E-state index contributed by atoms with van der Waals surface area (Å²) in [6, 6.07) is 13.9. The summed E-state index contributed by atoms with van der Waals surface area (Å²) in [6.07, 6.45) is 4.90. The number of hydrogen-bond acceptors (Lipinski definition) is 8. The van der Waals surface area contributed by atoms with E-state index in [1.165, 1.54) is 0 Å². The van der Waals surface area contributed by atoms with Crippen LogP contribution in [-0.4, -0.2) is 71.5 Å². The molecule has 4 aromatic heterocycles. The maximum atomic E-state index is 11.8. The first-order chi connectivity index (χ1) is 18.1. The lowest BCUT2D eigenvalue weighted by atomic mass is 10.1. The third kappa shape index (κ3) is 4.47. The van der Waals surface area contributed by atoms with Crippen molar-refractivity contribution in [2.45, 2.75) is 25.9 Å². The van der Waals surface area contributed by atoms with Crippen LogP contribution in [0, 0.1) is 6.92 Å². The molecule has 1 aliphatic rings. The largest absolute Gasteiger partial charge is 0.490 e. The maximum Gasteiger partial charge on any atom is 0.248 e. The van der Waals surface area contributed by atoms with Gasteiger partial charge in [0.2, 0.25) is 5.91 Å². The standard InChI is InChI=1S/C26H25N7O3S/c1-16-22(26-29-23(17-5-3-2-4-6-17)24(37-26)25-27-15-28-30-25)20-13-19(9-12-33(20)31-16)36-18-7-10-32(11-8-18)21(35)14-34/h2-6,9,12-13,15,18,34H,7-8,10-11,14H2,1H3,(H,27,28,30). The Kier molecular flexibility index (Phi) is 6.15. The van der Waals surface area contributed by atoms with E-state index in [4.69, 9.17) is 19.9 Å². The zero-order valence-electron chi connectivity index (χ0n) is 20.2. The van der Waals surface area contributed by atoms with E-state index in [0.717, 1.165) is 56.5 Å². The minimum absolute atomic E-state index is 0.000243. The average molecular weight is 516 g/mol. The summed E-state index contributed by atoms with van der Waals surface area (Å²) in [6.45, 7) is 2.69. The highest BCUT2D eigenvalue weighted by molar-refractivity contribution is 7.19. The number of rotatable bonds is 6. The van der Waals surface area contributed by atoms with Gasteiger partial charge in [-0.15, -0.1) is 21.5 Å². The fourth-order valence-electron chi connectivity index (χ4n) is 4.69. The number of aliphatic hydroxyl groups excluding tert-OH is 1. The third-order valence-electron chi connectivity index (χ3n) is 6.53. The Hall–Kier alpha value is -4.09. The Bertz CT molecular complexity index is 1540. The van der Waals surface area contributed by atoms with Gasteiger partial charge in [-0.25, -0.2) is 9.50 Å². The van der Waals surface area contributed by atoms with Crippen molar-refractivity contribution in [3.05, 3.63) is 60.7 Å². The molecular formula is C26H25N7O3S. The van der Waals surface area contributed by atoms with E-state index < -0.39 is 6.61 Å². The molecule has 0 atom stereocenters. The van der Waals surface area contributed by atoms with Crippen LogP contribution in [0.4, 0.5) is 0 Å². The number of aryl methyl sites for hydroxylation is 1. The maximum absolute atomic E-state index is 11.8. The molecule has 0 bridgehead atoms. The monoisotopic (exact) mass is 515 g/mol. The molecule has 6 rings (SSSR count). The van der Waals surface area contributed by atoms with Crippen molar-refractivity contribution in [2.24, 2.45) is 0 Å². The molecule has 2 N–H and O–H groups in total. The summed E-state index contributed by atoms with van der Waals surface area (Å²) < 4.78 is 8.15. The predicted octanol–water partition coefficient (Wildman–Crippen LogP) is 3.58. The fraction of sp³-hybridized carbons (Fsp3) is 0.269. The van der Waals surface area contributed by atoms with Crippen molar-refractivity contribution in [3.63, 3.8) is 0 Å². The first kappa shape index (κ1) is 23.3. The number of amides is 1. The van der Waals surface area contributed by atoms with Crippen molar-refractivity contribution in [2.75, 3.05) is 19.7 Å². The van der Waals surface area contributed by atoms with Crippen LogP contribution in [0.1, 0.15) is 18.5 Å². The second kappa shape index (κ2) is 9.75. The summed E-state index contributed by atoms with van der Waals surface area (Å²) >= 11 is 1.55. The lowest BCUT2D eigenvalue weighted by Crippen LogP contribution is -2.42. The first-order valence-corrected chi connectivity index (χ1v) is 12.9. The van der Waals surface area contributed by atoms with Gasteiger partial charge < -0.3 is 19.7 Å². The van der Waals surface area contributed by atoms with E-state index in [1.54, 1.807) is 22.6 Å². The number of aromatic amines is 1. The summed E-state index contributed by atoms with van der Waals surface area (Å²) in [5, 5.41) is 22.9. The Morgan fingerprint density at radius 2 is 2.03 bits per heavy atom. The van der Waals surface area contributed by atoms with Crippen LogP contribution in [0.2, 0.25) is 0 Å². The van der Waals surface area contributed by atoms with Gasteiger partial charge in [0.1, 0.15) is 34.7 Å². The summed E-state index contributed by atoms with van der Waals surface area (Å²) in [7, 11) is 0. The lowest BCUT2D eigenvalue weighted by Gasteiger charge is -2.31. The van der Waals surface area contributed by atoms with E-state index in [9.17, 15) is 4.79 Å². The number of aliphatic hydroxyl groups is 1. The van der Waals surface area contributed by atoms with Gasteiger partial charge in [0.15, 0.2) is 5.82 Å². The van der Waals surface area contributed by atoms with Crippen molar-refractivity contribution < 1.29 is 14.6 Å². The van der Waals surface area contributed by atoms with Crippen LogP contribution in [-0.2, 0) is 4.79 Å². The average Bonchev–Trinajstić information content (AvgIpc) is 3.67. The molecule has 5 heterocycles. The summed E-state index contributed by atoms with van der Waals surface area (Å²) in [4.78, 5) is 22.5. The molecule has 0 radical (unpaired) electrons. The number of nitrogens with one attached hydrogen (secondary N) is 1. The number of piperidine rings is 1. The van der Waals surface area contributed by atoms with Crippen molar-refractivity contribution in [3.8, 4) is 38.3 Å². The van der Waals surface area contributed by atoms with Gasteiger partial charge in [-0.3, -0.25) is 4.79 Å². The number of carbonyl (C=O) groups is 1. The topological polar surface area (TPSA) is 122 Å². The number of carbonyl (C=O) groups excluding carboxylic acids is 1. The van der Waals surface area contributed by atoms with E-state index >= 15 is 0 Å². The number of thiazole rings is 1. The van der Waals surface area contributed by atoms with Crippen molar-refractivity contribution in [1.82, 2.24) is 34.7 Å². The predicted molar refractivity (Wildman–Crippen MR) is 139 cm³/mol. The second-order valence-electron chi connectivity index (χ2n) is 8.91. The van der Waals surface area contributed by atoms with Gasteiger partial charge in [0.05, 0.1) is 22.5 Å². The lowest BCUT2D eigenvalue weighted by molar-refractivity contribution is -0.135. The van der Waals surface area contributed by atoms with Gasteiger partial charge in [-0.2, -0.15) is 5.10 Å². The quantitative estimate of drug-likeness (QED) is 0.354. The molecule has 0 spiro atoms. The molecule has 1 amide bonds. The van der Waals surface area contributed by atoms with Gasteiger partial charge in [0, 0.05) is 43.8 Å². The third-order valence-corrected chi connectivity index (χ3v) is 7.61. The SMILES string of the molecule is Cc1nn2ccc(OC3CCN(C(=O)CO)CC3)cc2c1-c1nc(-c2ccccc2)c(-c2nnc[nH]2)s1. The Morgan fingerprint density at radius 1 is 1.22 bits per heavy atom. The number of hydrogen-bond donors (Lipinski definition) is 2. The zero-order valence-corrected chi connectivity index (χ0v) is 21.0. The van der Waals surface area contributed by atoms with Crippen LogP contribution in [0.25, 0.3) is 38.0 Å².